The molecule has 0 radical (unpaired) electrons. The largest absolute Gasteiger partial charge is 0.497 e. The van der Waals surface area contributed by atoms with Crippen LogP contribution in [0.1, 0.15) is 28.5 Å². The molecule has 1 aromatic heterocycles. The van der Waals surface area contributed by atoms with Gasteiger partial charge in [0.1, 0.15) is 16.3 Å². The summed E-state index contributed by atoms with van der Waals surface area (Å²) in [6, 6.07) is 7.39. The Labute approximate surface area is 157 Å². The molecule has 0 aliphatic heterocycles. The lowest BCUT2D eigenvalue weighted by Gasteiger charge is -2.25. The number of hydrogen-bond acceptors (Lipinski definition) is 6. The minimum Gasteiger partial charge on any atom is -0.497 e. The predicted octanol–water partition coefficient (Wildman–Crippen LogP) is 3.34. The second-order valence-electron chi connectivity index (χ2n) is 5.91. The Morgan fingerprint density at radius 1 is 1.27 bits per heavy atom. The van der Waals surface area contributed by atoms with E-state index in [1.165, 1.54) is 7.11 Å². The molecule has 1 aromatic carbocycles. The summed E-state index contributed by atoms with van der Waals surface area (Å²) in [5.41, 5.74) is 1.93. The maximum Gasteiger partial charge on any atom is 0.342 e. The fourth-order valence-electron chi connectivity index (χ4n) is 2.42. The van der Waals surface area contributed by atoms with Crippen LogP contribution in [-0.4, -0.2) is 48.6 Å². The zero-order chi connectivity index (χ0) is 19.3. The van der Waals surface area contributed by atoms with Crippen LogP contribution in [0.5, 0.6) is 5.75 Å². The van der Waals surface area contributed by atoms with Crippen molar-refractivity contribution in [3.05, 3.63) is 41.1 Å². The van der Waals surface area contributed by atoms with Crippen LogP contribution in [-0.2, 0) is 11.2 Å². The van der Waals surface area contributed by atoms with Gasteiger partial charge in [-0.1, -0.05) is 12.1 Å². The van der Waals surface area contributed by atoms with Crippen LogP contribution in [0, 0.1) is 6.92 Å². The van der Waals surface area contributed by atoms with Crippen molar-refractivity contribution in [2.24, 2.45) is 0 Å². The summed E-state index contributed by atoms with van der Waals surface area (Å²) in [6.45, 7) is 3.66. The van der Waals surface area contributed by atoms with Gasteiger partial charge in [-0.25, -0.2) is 9.59 Å². The smallest absolute Gasteiger partial charge is 0.342 e. The van der Waals surface area contributed by atoms with Gasteiger partial charge in [0.25, 0.3) is 0 Å². The topological polar surface area (TPSA) is 80.8 Å². The Bertz CT molecular complexity index is 773. The van der Waals surface area contributed by atoms with Crippen LogP contribution in [0.4, 0.5) is 9.80 Å². The number of rotatable bonds is 6. The first-order chi connectivity index (χ1) is 12.4. The monoisotopic (exact) mass is 377 g/mol. The molecular weight excluding hydrogens is 354 g/mol. The van der Waals surface area contributed by atoms with Crippen LogP contribution < -0.4 is 10.1 Å². The number of carbonyl (C=O) groups is 2. The molecule has 1 atom stereocenters. The third-order valence-electron chi connectivity index (χ3n) is 4.14. The van der Waals surface area contributed by atoms with Gasteiger partial charge in [-0.05, 0) is 49.5 Å². The third kappa shape index (κ3) is 4.51. The highest BCUT2D eigenvalue weighted by atomic mass is 32.1. The molecular formula is C18H23N3O4S. The van der Waals surface area contributed by atoms with E-state index in [4.69, 9.17) is 9.47 Å². The van der Waals surface area contributed by atoms with E-state index in [0.717, 1.165) is 22.8 Å². The van der Waals surface area contributed by atoms with Gasteiger partial charge in [0.2, 0.25) is 0 Å². The number of amides is 2. The molecule has 1 unspecified atom stereocenters. The van der Waals surface area contributed by atoms with Gasteiger partial charge >= 0.3 is 12.0 Å². The fraction of sp³-hybridized carbons (Fsp3) is 0.389. The highest BCUT2D eigenvalue weighted by molar-refractivity contribution is 7.11. The second kappa shape index (κ2) is 8.66. The van der Waals surface area contributed by atoms with Crippen LogP contribution in [0.3, 0.4) is 0 Å². The number of likely N-dealkylation sites (N-methyl/N-ethyl adjacent to an activating group) is 1. The van der Waals surface area contributed by atoms with Crippen molar-refractivity contribution in [1.29, 1.82) is 0 Å². The SMILES string of the molecule is COC(=O)c1c(C)nsc1NC(=O)N(C)C(C)Cc1ccc(OC)cc1. The molecule has 0 saturated carbocycles. The van der Waals surface area contributed by atoms with Gasteiger partial charge in [-0.3, -0.25) is 5.32 Å². The zero-order valence-corrected chi connectivity index (χ0v) is 16.3. The minimum atomic E-state index is -0.513. The maximum atomic E-state index is 12.5. The molecule has 0 aliphatic rings. The first-order valence-electron chi connectivity index (χ1n) is 8.08. The molecule has 0 bridgehead atoms. The molecule has 1 N–H and O–H groups in total. The number of esters is 1. The number of nitrogens with zero attached hydrogens (tertiary/aromatic N) is 2. The van der Waals surface area contributed by atoms with E-state index in [9.17, 15) is 9.59 Å². The van der Waals surface area contributed by atoms with Gasteiger partial charge < -0.3 is 14.4 Å². The molecule has 0 spiro atoms. The van der Waals surface area contributed by atoms with Gasteiger partial charge in [0.15, 0.2) is 0 Å². The lowest BCUT2D eigenvalue weighted by molar-refractivity contribution is 0.0601. The number of anilines is 1. The molecule has 0 fully saturated rings. The minimum absolute atomic E-state index is 0.0426. The van der Waals surface area contributed by atoms with Gasteiger partial charge in [0.05, 0.1) is 19.9 Å². The third-order valence-corrected chi connectivity index (χ3v) is 5.00. The Hall–Kier alpha value is -2.61. The number of ether oxygens (including phenoxy) is 2. The van der Waals surface area contributed by atoms with E-state index in [1.807, 2.05) is 31.2 Å². The quantitative estimate of drug-likeness (QED) is 0.781. The molecule has 140 valence electrons. The Morgan fingerprint density at radius 2 is 1.92 bits per heavy atom. The number of carbonyl (C=O) groups excluding carboxylic acids is 2. The normalized spacial score (nSPS) is 11.6. The molecule has 0 aliphatic carbocycles. The molecule has 1 heterocycles. The van der Waals surface area contributed by atoms with Crippen molar-refractivity contribution in [1.82, 2.24) is 9.27 Å². The van der Waals surface area contributed by atoms with E-state index in [-0.39, 0.29) is 12.1 Å². The average molecular weight is 377 g/mol. The maximum absolute atomic E-state index is 12.5. The van der Waals surface area contributed by atoms with Crippen LogP contribution in [0.15, 0.2) is 24.3 Å². The number of aryl methyl sites for hydroxylation is 1. The average Bonchev–Trinajstić information content (AvgIpc) is 3.01. The molecule has 0 saturated heterocycles. The summed E-state index contributed by atoms with van der Waals surface area (Å²) in [5.74, 6) is 0.281. The standard InChI is InChI=1S/C18H23N3O4S/c1-11(10-13-6-8-14(24-4)9-7-13)21(3)18(23)19-16-15(17(22)25-5)12(2)20-26-16/h6-9,11H,10H2,1-5H3,(H,19,23). The van der Waals surface area contributed by atoms with E-state index in [1.54, 1.807) is 26.0 Å². The zero-order valence-electron chi connectivity index (χ0n) is 15.5. The predicted molar refractivity (Wildman–Crippen MR) is 101 cm³/mol. The lowest BCUT2D eigenvalue weighted by Crippen LogP contribution is -2.39. The first kappa shape index (κ1) is 19.7. The van der Waals surface area contributed by atoms with Gasteiger partial charge in [-0.2, -0.15) is 4.37 Å². The van der Waals surface area contributed by atoms with Crippen molar-refractivity contribution >= 4 is 28.5 Å². The van der Waals surface area contributed by atoms with Gasteiger partial charge in [-0.15, -0.1) is 0 Å². The molecule has 8 heteroatoms. The molecule has 7 nitrogen and oxygen atoms in total. The Balaban J connectivity index is 2.03. The molecule has 2 amide bonds. The molecule has 2 aromatic rings. The highest BCUT2D eigenvalue weighted by Gasteiger charge is 2.23. The summed E-state index contributed by atoms with van der Waals surface area (Å²) in [4.78, 5) is 26.0. The second-order valence-corrected chi connectivity index (χ2v) is 6.68. The lowest BCUT2D eigenvalue weighted by atomic mass is 10.1. The van der Waals surface area contributed by atoms with Crippen LogP contribution >= 0.6 is 11.5 Å². The van der Waals surface area contributed by atoms with Crippen molar-refractivity contribution in [2.45, 2.75) is 26.3 Å². The number of hydrogen-bond donors (Lipinski definition) is 1. The number of methoxy groups -OCH3 is 2. The van der Waals surface area contributed by atoms with E-state index < -0.39 is 5.97 Å². The van der Waals surface area contributed by atoms with E-state index in [2.05, 4.69) is 9.69 Å². The first-order valence-corrected chi connectivity index (χ1v) is 8.86. The summed E-state index contributed by atoms with van der Waals surface area (Å²) in [6.07, 6.45) is 0.694. The van der Waals surface area contributed by atoms with Crippen molar-refractivity contribution in [3.8, 4) is 5.75 Å². The summed E-state index contributed by atoms with van der Waals surface area (Å²) < 4.78 is 14.0. The molecule has 26 heavy (non-hydrogen) atoms. The van der Waals surface area contributed by atoms with Crippen molar-refractivity contribution in [2.75, 3.05) is 26.6 Å². The highest BCUT2D eigenvalue weighted by Crippen LogP contribution is 2.25. The number of nitrogens with one attached hydrogen (secondary N) is 1. The summed E-state index contributed by atoms with van der Waals surface area (Å²) >= 11 is 1.06. The number of aromatic nitrogens is 1. The Kier molecular flexibility index (Phi) is 6.57. The van der Waals surface area contributed by atoms with E-state index in [0.29, 0.717) is 22.7 Å². The summed E-state index contributed by atoms with van der Waals surface area (Å²) in [7, 11) is 4.64. The van der Waals surface area contributed by atoms with Gasteiger partial charge in [0, 0.05) is 13.1 Å². The fourth-order valence-corrected chi connectivity index (χ4v) is 3.20. The Morgan fingerprint density at radius 3 is 2.50 bits per heavy atom. The summed E-state index contributed by atoms with van der Waals surface area (Å²) in [5, 5.41) is 3.14. The van der Waals surface area contributed by atoms with E-state index >= 15 is 0 Å². The number of urea groups is 1. The van der Waals surface area contributed by atoms with Crippen molar-refractivity contribution < 1.29 is 19.1 Å². The van der Waals surface area contributed by atoms with Crippen LogP contribution in [0.2, 0.25) is 0 Å². The number of benzene rings is 1. The van der Waals surface area contributed by atoms with Crippen LogP contribution in [0.25, 0.3) is 0 Å². The van der Waals surface area contributed by atoms with Crippen molar-refractivity contribution in [3.63, 3.8) is 0 Å². The molecule has 2 rings (SSSR count).